The van der Waals surface area contributed by atoms with Gasteiger partial charge in [0.2, 0.25) is 0 Å². The number of amides is 1. The van der Waals surface area contributed by atoms with Crippen LogP contribution in [0.15, 0.2) is 6.07 Å². The van der Waals surface area contributed by atoms with Gasteiger partial charge >= 0.3 is 0 Å². The Labute approximate surface area is 124 Å². The molecule has 3 nitrogen and oxygen atoms in total. The maximum atomic E-state index is 12.4. The van der Waals surface area contributed by atoms with Crippen LogP contribution < -0.4 is 11.1 Å². The van der Waals surface area contributed by atoms with Gasteiger partial charge in [0.05, 0.1) is 4.88 Å². The Balaban J connectivity index is 1.63. The van der Waals surface area contributed by atoms with Gasteiger partial charge in [-0.05, 0) is 62.5 Å². The quantitative estimate of drug-likeness (QED) is 0.880. The van der Waals surface area contributed by atoms with Gasteiger partial charge in [0.25, 0.3) is 5.91 Å². The highest BCUT2D eigenvalue weighted by atomic mass is 32.1. The van der Waals surface area contributed by atoms with Crippen molar-refractivity contribution in [3.8, 4) is 0 Å². The first kappa shape index (κ1) is 14.1. The Morgan fingerprint density at radius 3 is 2.80 bits per heavy atom. The largest absolute Gasteiger partial charge is 0.349 e. The van der Waals surface area contributed by atoms with E-state index in [4.69, 9.17) is 5.73 Å². The maximum Gasteiger partial charge on any atom is 0.261 e. The summed E-state index contributed by atoms with van der Waals surface area (Å²) in [6.07, 6.45) is 7.65. The molecule has 1 aromatic heterocycles. The normalized spacial score (nSPS) is 29.8. The molecule has 2 aliphatic carbocycles. The van der Waals surface area contributed by atoms with E-state index in [1.165, 1.54) is 16.9 Å². The minimum atomic E-state index is 0.123. The molecule has 0 radical (unpaired) electrons. The lowest BCUT2D eigenvalue weighted by Crippen LogP contribution is -2.40. The number of nitrogens with two attached hydrogens (primary N) is 1. The Morgan fingerprint density at radius 1 is 1.30 bits per heavy atom. The predicted octanol–water partition coefficient (Wildman–Crippen LogP) is 2.87. The number of thiophene rings is 1. The highest BCUT2D eigenvalue weighted by Gasteiger charge is 2.24. The van der Waals surface area contributed by atoms with Crippen LogP contribution in [0.25, 0.3) is 0 Å². The van der Waals surface area contributed by atoms with Gasteiger partial charge in [0.1, 0.15) is 0 Å². The molecule has 0 spiro atoms. The molecule has 3 rings (SSSR count). The molecule has 4 heteroatoms. The van der Waals surface area contributed by atoms with E-state index in [0.717, 1.165) is 49.3 Å². The number of carbonyl (C=O) groups is 1. The fourth-order valence-electron chi connectivity index (χ4n) is 3.34. The van der Waals surface area contributed by atoms with Crippen LogP contribution in [-0.2, 0) is 12.8 Å². The fraction of sp³-hybridized carbons (Fsp3) is 0.688. The smallest absolute Gasteiger partial charge is 0.261 e. The predicted molar refractivity (Wildman–Crippen MR) is 83.2 cm³/mol. The van der Waals surface area contributed by atoms with Crippen LogP contribution in [0.1, 0.15) is 59.1 Å². The van der Waals surface area contributed by atoms with Gasteiger partial charge in [-0.1, -0.05) is 6.92 Å². The lowest BCUT2D eigenvalue weighted by Gasteiger charge is -2.26. The van der Waals surface area contributed by atoms with Crippen LogP contribution in [0.4, 0.5) is 0 Å². The first-order valence-electron chi connectivity index (χ1n) is 7.80. The van der Waals surface area contributed by atoms with Crippen molar-refractivity contribution in [1.82, 2.24) is 5.32 Å². The van der Waals surface area contributed by atoms with E-state index in [2.05, 4.69) is 18.3 Å². The highest BCUT2D eigenvalue weighted by Crippen LogP contribution is 2.32. The third kappa shape index (κ3) is 3.07. The summed E-state index contributed by atoms with van der Waals surface area (Å²) in [6.45, 7) is 2.30. The number of aryl methyl sites for hydroxylation is 1. The van der Waals surface area contributed by atoms with E-state index in [0.29, 0.717) is 12.1 Å². The van der Waals surface area contributed by atoms with Gasteiger partial charge in [-0.3, -0.25) is 4.79 Å². The molecule has 20 heavy (non-hydrogen) atoms. The van der Waals surface area contributed by atoms with Gasteiger partial charge in [0, 0.05) is 17.0 Å². The summed E-state index contributed by atoms with van der Waals surface area (Å²) in [4.78, 5) is 14.7. The van der Waals surface area contributed by atoms with Crippen molar-refractivity contribution in [1.29, 1.82) is 0 Å². The van der Waals surface area contributed by atoms with E-state index in [1.54, 1.807) is 11.3 Å². The molecule has 1 aromatic rings. The number of fused-ring (bicyclic) bond motifs is 1. The molecular weight excluding hydrogens is 268 g/mol. The van der Waals surface area contributed by atoms with Crippen LogP contribution in [0, 0.1) is 5.92 Å². The lowest BCUT2D eigenvalue weighted by atomic mass is 9.90. The van der Waals surface area contributed by atoms with Gasteiger partial charge < -0.3 is 11.1 Å². The zero-order valence-corrected chi connectivity index (χ0v) is 13.0. The van der Waals surface area contributed by atoms with Crippen LogP contribution in [0.5, 0.6) is 0 Å². The van der Waals surface area contributed by atoms with Crippen molar-refractivity contribution >= 4 is 17.2 Å². The summed E-state index contributed by atoms with van der Waals surface area (Å²) >= 11 is 1.70. The monoisotopic (exact) mass is 292 g/mol. The summed E-state index contributed by atoms with van der Waals surface area (Å²) in [5.41, 5.74) is 7.31. The summed E-state index contributed by atoms with van der Waals surface area (Å²) < 4.78 is 0. The van der Waals surface area contributed by atoms with Crippen molar-refractivity contribution < 1.29 is 4.79 Å². The zero-order valence-electron chi connectivity index (χ0n) is 12.2. The van der Waals surface area contributed by atoms with E-state index in [1.807, 2.05) is 0 Å². The first-order chi connectivity index (χ1) is 9.61. The molecule has 0 aromatic carbocycles. The van der Waals surface area contributed by atoms with E-state index >= 15 is 0 Å². The molecule has 1 saturated carbocycles. The van der Waals surface area contributed by atoms with Crippen molar-refractivity contribution in [2.24, 2.45) is 11.7 Å². The van der Waals surface area contributed by atoms with E-state index < -0.39 is 0 Å². The van der Waals surface area contributed by atoms with Gasteiger partial charge in [-0.15, -0.1) is 11.3 Å². The molecule has 1 fully saturated rings. The second-order valence-corrected chi connectivity index (χ2v) is 7.63. The SMILES string of the molecule is CC1CCc2sc(C(=O)NC3CCC(N)CC3)cc2C1. The number of hydrogen-bond acceptors (Lipinski definition) is 3. The van der Waals surface area contributed by atoms with E-state index in [-0.39, 0.29) is 5.91 Å². The fourth-order valence-corrected chi connectivity index (χ4v) is 4.45. The molecule has 110 valence electrons. The average Bonchev–Trinajstić information content (AvgIpc) is 2.84. The average molecular weight is 292 g/mol. The Hall–Kier alpha value is -0.870. The molecule has 3 N–H and O–H groups in total. The number of hydrogen-bond donors (Lipinski definition) is 2. The molecule has 1 amide bonds. The van der Waals surface area contributed by atoms with Crippen molar-refractivity contribution in [2.75, 3.05) is 0 Å². The Kier molecular flexibility index (Phi) is 4.13. The number of carbonyl (C=O) groups excluding carboxylic acids is 1. The third-order valence-corrected chi connectivity index (χ3v) is 5.90. The minimum Gasteiger partial charge on any atom is -0.349 e. The van der Waals surface area contributed by atoms with E-state index in [9.17, 15) is 4.79 Å². The first-order valence-corrected chi connectivity index (χ1v) is 8.61. The standard InChI is InChI=1S/C16H24N2OS/c1-10-2-7-14-11(8-10)9-15(20-14)16(19)18-13-5-3-12(17)4-6-13/h9-10,12-13H,2-8,17H2,1H3,(H,18,19). The molecule has 2 aliphatic rings. The maximum absolute atomic E-state index is 12.4. The lowest BCUT2D eigenvalue weighted by molar-refractivity contribution is 0.0930. The molecule has 0 aliphatic heterocycles. The Bertz CT molecular complexity index is 489. The highest BCUT2D eigenvalue weighted by molar-refractivity contribution is 7.14. The summed E-state index contributed by atoms with van der Waals surface area (Å²) in [5, 5.41) is 3.19. The minimum absolute atomic E-state index is 0.123. The van der Waals surface area contributed by atoms with Crippen molar-refractivity contribution in [3.63, 3.8) is 0 Å². The summed E-state index contributed by atoms with van der Waals surface area (Å²) in [6, 6.07) is 2.78. The van der Waals surface area contributed by atoms with Crippen LogP contribution in [0.3, 0.4) is 0 Å². The summed E-state index contributed by atoms with van der Waals surface area (Å²) in [5.74, 6) is 0.880. The third-order valence-electron chi connectivity index (χ3n) is 4.66. The zero-order chi connectivity index (χ0) is 14.1. The molecule has 1 unspecified atom stereocenters. The van der Waals surface area contributed by atoms with Crippen LogP contribution in [-0.4, -0.2) is 18.0 Å². The van der Waals surface area contributed by atoms with Crippen LogP contribution >= 0.6 is 11.3 Å². The second-order valence-electron chi connectivity index (χ2n) is 6.49. The molecular formula is C16H24N2OS. The number of nitrogens with one attached hydrogen (secondary N) is 1. The van der Waals surface area contributed by atoms with Gasteiger partial charge in [-0.25, -0.2) is 0 Å². The molecule has 0 bridgehead atoms. The van der Waals surface area contributed by atoms with Crippen LogP contribution in [0.2, 0.25) is 0 Å². The summed E-state index contributed by atoms with van der Waals surface area (Å²) in [7, 11) is 0. The topological polar surface area (TPSA) is 55.1 Å². The second kappa shape index (κ2) is 5.86. The van der Waals surface area contributed by atoms with Gasteiger partial charge in [0.15, 0.2) is 0 Å². The van der Waals surface area contributed by atoms with Crippen molar-refractivity contribution in [2.45, 2.75) is 64.0 Å². The molecule has 0 saturated heterocycles. The molecule has 1 atom stereocenters. The number of rotatable bonds is 2. The van der Waals surface area contributed by atoms with Crippen molar-refractivity contribution in [3.05, 3.63) is 21.4 Å². The van der Waals surface area contributed by atoms with Gasteiger partial charge in [-0.2, -0.15) is 0 Å². The molecule has 1 heterocycles. The Morgan fingerprint density at radius 2 is 2.05 bits per heavy atom.